The highest BCUT2D eigenvalue weighted by atomic mass is 16.3. The zero-order valence-electron chi connectivity index (χ0n) is 9.84. The monoisotopic (exact) mass is 245 g/mol. The smallest absolute Gasteiger partial charge is 0.254 e. The van der Waals surface area contributed by atoms with Crippen molar-refractivity contribution in [1.29, 1.82) is 0 Å². The van der Waals surface area contributed by atoms with Crippen LogP contribution >= 0.6 is 0 Å². The Hall–Kier alpha value is -2.14. The zero-order chi connectivity index (χ0) is 12.8. The van der Waals surface area contributed by atoms with Crippen molar-refractivity contribution in [3.05, 3.63) is 53.9 Å². The van der Waals surface area contributed by atoms with Crippen molar-refractivity contribution in [1.82, 2.24) is 15.5 Å². The van der Waals surface area contributed by atoms with Gasteiger partial charge in [-0.05, 0) is 12.0 Å². The van der Waals surface area contributed by atoms with Gasteiger partial charge >= 0.3 is 0 Å². The highest BCUT2D eigenvalue weighted by molar-refractivity contribution is 5.93. The van der Waals surface area contributed by atoms with Gasteiger partial charge in [-0.2, -0.15) is 5.10 Å². The number of carbonyl (C=O) groups excluding carboxylic acids is 1. The van der Waals surface area contributed by atoms with Gasteiger partial charge in [-0.15, -0.1) is 0 Å². The molecule has 2 rings (SSSR count). The molecule has 1 unspecified atom stereocenters. The molecule has 1 aromatic carbocycles. The number of H-pyrrole nitrogens is 1. The molecule has 0 saturated heterocycles. The third kappa shape index (κ3) is 3.18. The molecule has 1 atom stereocenters. The summed E-state index contributed by atoms with van der Waals surface area (Å²) in [5.41, 5.74) is 1.53. The fourth-order valence-corrected chi connectivity index (χ4v) is 1.70. The summed E-state index contributed by atoms with van der Waals surface area (Å²) in [6, 6.07) is 9.43. The number of aromatic nitrogens is 2. The zero-order valence-corrected chi connectivity index (χ0v) is 9.84. The highest BCUT2D eigenvalue weighted by Gasteiger charge is 2.14. The molecule has 5 nitrogen and oxygen atoms in total. The molecule has 0 spiro atoms. The number of amides is 1. The van der Waals surface area contributed by atoms with Gasteiger partial charge in [0, 0.05) is 6.20 Å². The van der Waals surface area contributed by atoms with Gasteiger partial charge < -0.3 is 10.4 Å². The van der Waals surface area contributed by atoms with Crippen LogP contribution in [0.3, 0.4) is 0 Å². The first-order chi connectivity index (χ1) is 8.79. The van der Waals surface area contributed by atoms with E-state index in [2.05, 4.69) is 15.5 Å². The Morgan fingerprint density at radius 2 is 2.17 bits per heavy atom. The molecule has 94 valence electrons. The maximum Gasteiger partial charge on any atom is 0.254 e. The summed E-state index contributed by atoms with van der Waals surface area (Å²) in [7, 11) is 0. The van der Waals surface area contributed by atoms with E-state index < -0.39 is 0 Å². The van der Waals surface area contributed by atoms with Gasteiger partial charge in [0.05, 0.1) is 24.4 Å². The lowest BCUT2D eigenvalue weighted by atomic mass is 10.1. The van der Waals surface area contributed by atoms with Crippen molar-refractivity contribution in [2.45, 2.75) is 12.5 Å². The normalized spacial score (nSPS) is 12.1. The SMILES string of the molecule is O=C(NC(CO)Cc1ccccc1)c1cn[nH]c1. The van der Waals surface area contributed by atoms with E-state index in [1.54, 1.807) is 0 Å². The average molecular weight is 245 g/mol. The molecular weight excluding hydrogens is 230 g/mol. The number of hydrogen-bond acceptors (Lipinski definition) is 3. The quantitative estimate of drug-likeness (QED) is 0.727. The Labute approximate surface area is 105 Å². The lowest BCUT2D eigenvalue weighted by molar-refractivity contribution is 0.0916. The summed E-state index contributed by atoms with van der Waals surface area (Å²) in [5.74, 6) is -0.237. The number of aliphatic hydroxyl groups is 1. The number of aromatic amines is 1. The first-order valence-electron chi connectivity index (χ1n) is 5.74. The van der Waals surface area contributed by atoms with E-state index in [1.807, 2.05) is 30.3 Å². The molecule has 0 radical (unpaired) electrons. The van der Waals surface area contributed by atoms with E-state index in [4.69, 9.17) is 0 Å². The Bertz CT molecular complexity index is 482. The molecule has 0 aliphatic carbocycles. The first kappa shape index (κ1) is 12.3. The Morgan fingerprint density at radius 1 is 1.39 bits per heavy atom. The van der Waals surface area contributed by atoms with Gasteiger partial charge in [-0.3, -0.25) is 9.89 Å². The van der Waals surface area contributed by atoms with Crippen LogP contribution in [0, 0.1) is 0 Å². The van der Waals surface area contributed by atoms with E-state index in [-0.39, 0.29) is 18.6 Å². The minimum atomic E-state index is -0.296. The van der Waals surface area contributed by atoms with Crippen LogP contribution in [0.15, 0.2) is 42.7 Å². The molecule has 2 aromatic rings. The fraction of sp³-hybridized carbons (Fsp3) is 0.231. The lowest BCUT2D eigenvalue weighted by Gasteiger charge is -2.15. The van der Waals surface area contributed by atoms with Crippen molar-refractivity contribution in [2.75, 3.05) is 6.61 Å². The predicted octanol–water partition coefficient (Wildman–Crippen LogP) is 0.743. The van der Waals surface area contributed by atoms with Crippen molar-refractivity contribution in [3.8, 4) is 0 Å². The molecular formula is C13H15N3O2. The van der Waals surface area contributed by atoms with Crippen LogP contribution < -0.4 is 5.32 Å². The van der Waals surface area contributed by atoms with Crippen molar-refractivity contribution >= 4 is 5.91 Å². The van der Waals surface area contributed by atoms with E-state index in [0.717, 1.165) is 5.56 Å². The molecule has 0 aliphatic rings. The largest absolute Gasteiger partial charge is 0.394 e. The van der Waals surface area contributed by atoms with Crippen molar-refractivity contribution < 1.29 is 9.90 Å². The number of carbonyl (C=O) groups is 1. The predicted molar refractivity (Wildman–Crippen MR) is 67.1 cm³/mol. The van der Waals surface area contributed by atoms with Gasteiger partial charge in [-0.25, -0.2) is 0 Å². The average Bonchev–Trinajstić information content (AvgIpc) is 2.93. The van der Waals surface area contributed by atoms with Gasteiger partial charge in [0.2, 0.25) is 0 Å². The molecule has 1 aromatic heterocycles. The summed E-state index contributed by atoms with van der Waals surface area (Å²) in [5, 5.41) is 18.4. The third-order valence-electron chi connectivity index (χ3n) is 2.64. The van der Waals surface area contributed by atoms with Crippen molar-refractivity contribution in [3.63, 3.8) is 0 Å². The summed E-state index contributed by atoms with van der Waals surface area (Å²) in [4.78, 5) is 11.8. The van der Waals surface area contributed by atoms with Crippen LogP contribution in [0.5, 0.6) is 0 Å². The second-order valence-corrected chi connectivity index (χ2v) is 4.03. The van der Waals surface area contributed by atoms with Crippen LogP contribution in [-0.4, -0.2) is 33.9 Å². The third-order valence-corrected chi connectivity index (χ3v) is 2.64. The van der Waals surface area contributed by atoms with Crippen LogP contribution in [-0.2, 0) is 6.42 Å². The van der Waals surface area contributed by atoms with E-state index >= 15 is 0 Å². The number of benzene rings is 1. The summed E-state index contributed by atoms with van der Waals surface area (Å²) >= 11 is 0. The number of nitrogens with one attached hydrogen (secondary N) is 2. The minimum Gasteiger partial charge on any atom is -0.394 e. The lowest BCUT2D eigenvalue weighted by Crippen LogP contribution is -2.38. The van der Waals surface area contributed by atoms with E-state index in [9.17, 15) is 9.90 Å². The molecule has 5 heteroatoms. The minimum absolute atomic E-state index is 0.0987. The maximum atomic E-state index is 11.8. The van der Waals surface area contributed by atoms with Gasteiger partial charge in [0.25, 0.3) is 5.91 Å². The van der Waals surface area contributed by atoms with E-state index in [0.29, 0.717) is 12.0 Å². The molecule has 3 N–H and O–H groups in total. The van der Waals surface area contributed by atoms with Gasteiger partial charge in [-0.1, -0.05) is 30.3 Å². The second kappa shape index (κ2) is 5.97. The Morgan fingerprint density at radius 3 is 2.78 bits per heavy atom. The number of nitrogens with zero attached hydrogens (tertiary/aromatic N) is 1. The molecule has 0 fully saturated rings. The molecule has 0 aliphatic heterocycles. The fourth-order valence-electron chi connectivity index (χ4n) is 1.70. The van der Waals surface area contributed by atoms with Crippen LogP contribution in [0.25, 0.3) is 0 Å². The summed E-state index contributed by atoms with van der Waals surface area (Å²) < 4.78 is 0. The summed E-state index contributed by atoms with van der Waals surface area (Å²) in [6.45, 7) is -0.0987. The van der Waals surface area contributed by atoms with Crippen LogP contribution in [0.4, 0.5) is 0 Å². The molecule has 18 heavy (non-hydrogen) atoms. The Balaban J connectivity index is 1.96. The number of hydrogen-bond donors (Lipinski definition) is 3. The maximum absolute atomic E-state index is 11.8. The first-order valence-corrected chi connectivity index (χ1v) is 5.74. The topological polar surface area (TPSA) is 78.0 Å². The highest BCUT2D eigenvalue weighted by Crippen LogP contribution is 2.04. The molecule has 0 bridgehead atoms. The van der Waals surface area contributed by atoms with E-state index in [1.165, 1.54) is 12.4 Å². The van der Waals surface area contributed by atoms with Gasteiger partial charge in [0.1, 0.15) is 0 Å². The molecule has 1 heterocycles. The van der Waals surface area contributed by atoms with Gasteiger partial charge in [0.15, 0.2) is 0 Å². The second-order valence-electron chi connectivity index (χ2n) is 4.03. The number of aliphatic hydroxyl groups excluding tert-OH is 1. The molecule has 0 saturated carbocycles. The van der Waals surface area contributed by atoms with Crippen LogP contribution in [0.1, 0.15) is 15.9 Å². The standard InChI is InChI=1S/C13H15N3O2/c17-9-12(6-10-4-2-1-3-5-10)16-13(18)11-7-14-15-8-11/h1-5,7-8,12,17H,6,9H2,(H,14,15)(H,16,18). The Kier molecular flexibility index (Phi) is 4.09. The van der Waals surface area contributed by atoms with Crippen molar-refractivity contribution in [2.24, 2.45) is 0 Å². The summed E-state index contributed by atoms with van der Waals surface area (Å²) in [6.07, 6.45) is 3.57. The number of rotatable bonds is 5. The molecule has 1 amide bonds. The van der Waals surface area contributed by atoms with Crippen LogP contribution in [0.2, 0.25) is 0 Å².